The molecule has 2 rings (SSSR count). The molecule has 108 valence electrons. The molecule has 3 N–H and O–H groups in total. The molecule has 2 heterocycles. The van der Waals surface area contributed by atoms with Crippen LogP contribution in [-0.2, 0) is 18.4 Å². The number of carboxylic acid groups (broad SMARTS) is 1. The number of nitrogens with zero attached hydrogens (tertiary/aromatic N) is 3. The van der Waals surface area contributed by atoms with Crippen molar-refractivity contribution in [3.8, 4) is 0 Å². The summed E-state index contributed by atoms with van der Waals surface area (Å²) in [7, 11) is 7.45. The smallest absolute Gasteiger partial charge is 0.325 e. The summed E-state index contributed by atoms with van der Waals surface area (Å²) in [6, 6.07) is 0. The number of imidazole rings is 1. The van der Waals surface area contributed by atoms with Gasteiger partial charge in [0.1, 0.15) is 11.4 Å². The van der Waals surface area contributed by atoms with Gasteiger partial charge in [0.05, 0.1) is 14.4 Å². The fourth-order valence-electron chi connectivity index (χ4n) is 2.86. The molecule has 0 bridgehead atoms. The van der Waals surface area contributed by atoms with Crippen LogP contribution < -0.4 is 5.73 Å². The van der Waals surface area contributed by atoms with Crippen LogP contribution in [0.5, 0.6) is 0 Å². The van der Waals surface area contributed by atoms with E-state index >= 15 is 0 Å². The summed E-state index contributed by atoms with van der Waals surface area (Å²) >= 11 is 0. The summed E-state index contributed by atoms with van der Waals surface area (Å²) in [5.41, 5.74) is 4.95. The Kier molecular flexibility index (Phi) is 4.50. The van der Waals surface area contributed by atoms with Crippen molar-refractivity contribution in [2.45, 2.75) is 31.2 Å². The number of hydrogen-bond acceptors (Lipinski definition) is 4. The SMILES string of the molecule is [B]CCC[C@H]1CN(Cc2nccn2C)C[C@@]1(N)C(=O)O. The third kappa shape index (κ3) is 2.88. The predicted molar refractivity (Wildman–Crippen MR) is 76.3 cm³/mol. The molecule has 6 nitrogen and oxygen atoms in total. The minimum Gasteiger partial charge on any atom is -0.480 e. The van der Waals surface area contributed by atoms with E-state index in [-0.39, 0.29) is 5.92 Å². The predicted octanol–water partition coefficient (Wildman–Crippen LogP) is 0.00100. The molecule has 0 saturated carbocycles. The number of rotatable bonds is 6. The largest absolute Gasteiger partial charge is 0.480 e. The maximum Gasteiger partial charge on any atom is 0.325 e. The van der Waals surface area contributed by atoms with E-state index in [0.29, 0.717) is 26.0 Å². The highest BCUT2D eigenvalue weighted by Crippen LogP contribution is 2.30. The van der Waals surface area contributed by atoms with Crippen molar-refractivity contribution in [1.82, 2.24) is 14.5 Å². The normalized spacial score (nSPS) is 27.0. The molecule has 1 saturated heterocycles. The molecule has 1 aliphatic rings. The van der Waals surface area contributed by atoms with Gasteiger partial charge in [-0.2, -0.15) is 0 Å². The van der Waals surface area contributed by atoms with Crippen LogP contribution >= 0.6 is 0 Å². The minimum atomic E-state index is -1.18. The van der Waals surface area contributed by atoms with Gasteiger partial charge in [-0.25, -0.2) is 4.98 Å². The summed E-state index contributed by atoms with van der Waals surface area (Å²) in [4.78, 5) is 17.8. The quantitative estimate of drug-likeness (QED) is 0.714. The fraction of sp³-hybridized carbons (Fsp3) is 0.692. The Balaban J connectivity index is 2.07. The lowest BCUT2D eigenvalue weighted by molar-refractivity contribution is -0.144. The van der Waals surface area contributed by atoms with E-state index in [1.807, 2.05) is 17.8 Å². The van der Waals surface area contributed by atoms with Crippen molar-refractivity contribution in [2.75, 3.05) is 13.1 Å². The van der Waals surface area contributed by atoms with Crippen LogP contribution in [0.15, 0.2) is 12.4 Å². The first-order valence-electron chi connectivity index (χ1n) is 6.88. The highest BCUT2D eigenvalue weighted by molar-refractivity contribution is 6.08. The average Bonchev–Trinajstić information content (AvgIpc) is 2.93. The highest BCUT2D eigenvalue weighted by atomic mass is 16.4. The molecule has 7 heteroatoms. The third-order valence-electron chi connectivity index (χ3n) is 4.13. The summed E-state index contributed by atoms with van der Waals surface area (Å²) in [5, 5.41) is 9.44. The van der Waals surface area contributed by atoms with E-state index in [9.17, 15) is 9.90 Å². The summed E-state index contributed by atoms with van der Waals surface area (Å²) in [6.07, 6.45) is 5.73. The number of nitrogens with two attached hydrogens (primary N) is 1. The van der Waals surface area contributed by atoms with E-state index in [2.05, 4.69) is 9.88 Å². The van der Waals surface area contributed by atoms with Gasteiger partial charge in [-0.3, -0.25) is 9.69 Å². The second-order valence-corrected chi connectivity index (χ2v) is 5.60. The van der Waals surface area contributed by atoms with Gasteiger partial charge in [0.2, 0.25) is 0 Å². The van der Waals surface area contributed by atoms with Gasteiger partial charge in [-0.1, -0.05) is 12.7 Å². The molecule has 1 aromatic heterocycles. The topological polar surface area (TPSA) is 84.4 Å². The first-order chi connectivity index (χ1) is 9.47. The molecule has 20 heavy (non-hydrogen) atoms. The lowest BCUT2D eigenvalue weighted by Gasteiger charge is -2.25. The molecule has 1 aromatic rings. The van der Waals surface area contributed by atoms with Gasteiger partial charge < -0.3 is 15.4 Å². The van der Waals surface area contributed by atoms with E-state index < -0.39 is 11.5 Å². The van der Waals surface area contributed by atoms with Crippen molar-refractivity contribution < 1.29 is 9.90 Å². The second kappa shape index (κ2) is 5.97. The van der Waals surface area contributed by atoms with E-state index in [0.717, 1.165) is 18.7 Å². The van der Waals surface area contributed by atoms with Crippen molar-refractivity contribution in [3.63, 3.8) is 0 Å². The molecule has 1 fully saturated rings. The zero-order chi connectivity index (χ0) is 14.8. The molecule has 0 aromatic carbocycles. The maximum absolute atomic E-state index is 11.5. The van der Waals surface area contributed by atoms with Crippen molar-refractivity contribution >= 4 is 13.8 Å². The Labute approximate surface area is 120 Å². The van der Waals surface area contributed by atoms with Crippen LogP contribution in [0, 0.1) is 5.92 Å². The minimum absolute atomic E-state index is 0.0659. The Bertz CT molecular complexity index is 479. The van der Waals surface area contributed by atoms with E-state index in [1.54, 1.807) is 6.20 Å². The molecule has 0 aliphatic carbocycles. The molecule has 2 atom stereocenters. The Morgan fingerprint density at radius 3 is 3.00 bits per heavy atom. The number of aliphatic carboxylic acids is 1. The summed E-state index contributed by atoms with van der Waals surface area (Å²) in [6.45, 7) is 1.65. The van der Waals surface area contributed by atoms with Crippen LogP contribution in [0.1, 0.15) is 18.7 Å². The zero-order valence-corrected chi connectivity index (χ0v) is 11.8. The van der Waals surface area contributed by atoms with Crippen LogP contribution in [-0.4, -0.2) is 52.0 Å². The Morgan fingerprint density at radius 2 is 2.45 bits per heavy atom. The second-order valence-electron chi connectivity index (χ2n) is 5.60. The number of aryl methyl sites for hydroxylation is 1. The lowest BCUT2D eigenvalue weighted by Crippen LogP contribution is -2.54. The summed E-state index contributed by atoms with van der Waals surface area (Å²) in [5.74, 6) is -0.0807. The third-order valence-corrected chi connectivity index (χ3v) is 4.13. The van der Waals surface area contributed by atoms with E-state index in [1.165, 1.54) is 0 Å². The fourth-order valence-corrected chi connectivity index (χ4v) is 2.86. The first kappa shape index (κ1) is 15.1. The van der Waals surface area contributed by atoms with Gasteiger partial charge in [-0.15, -0.1) is 0 Å². The molecular formula is C13H21BN4O2. The molecular weight excluding hydrogens is 255 g/mol. The number of carbonyl (C=O) groups is 1. The van der Waals surface area contributed by atoms with Crippen LogP contribution in [0.3, 0.4) is 0 Å². The first-order valence-corrected chi connectivity index (χ1v) is 6.88. The van der Waals surface area contributed by atoms with Gasteiger partial charge in [0.25, 0.3) is 0 Å². The van der Waals surface area contributed by atoms with Crippen molar-refractivity contribution in [1.29, 1.82) is 0 Å². The van der Waals surface area contributed by atoms with Gasteiger partial charge in [0.15, 0.2) is 0 Å². The number of aromatic nitrogens is 2. The van der Waals surface area contributed by atoms with Crippen molar-refractivity contribution in [3.05, 3.63) is 18.2 Å². The van der Waals surface area contributed by atoms with Gasteiger partial charge in [0, 0.05) is 38.4 Å². The van der Waals surface area contributed by atoms with Crippen LogP contribution in [0.4, 0.5) is 0 Å². The van der Waals surface area contributed by atoms with Gasteiger partial charge >= 0.3 is 5.97 Å². The number of hydrogen-bond donors (Lipinski definition) is 2. The Morgan fingerprint density at radius 1 is 1.70 bits per heavy atom. The number of likely N-dealkylation sites (tertiary alicyclic amines) is 1. The summed E-state index contributed by atoms with van der Waals surface area (Å²) < 4.78 is 1.94. The Hall–Kier alpha value is -1.34. The average molecular weight is 276 g/mol. The number of carboxylic acids is 1. The molecule has 0 unspecified atom stereocenters. The van der Waals surface area contributed by atoms with Crippen LogP contribution in [0.25, 0.3) is 0 Å². The zero-order valence-electron chi connectivity index (χ0n) is 11.8. The van der Waals surface area contributed by atoms with Crippen molar-refractivity contribution in [2.24, 2.45) is 18.7 Å². The monoisotopic (exact) mass is 276 g/mol. The van der Waals surface area contributed by atoms with E-state index in [4.69, 9.17) is 13.6 Å². The molecule has 0 spiro atoms. The van der Waals surface area contributed by atoms with Gasteiger partial charge in [-0.05, 0) is 6.42 Å². The standard InChI is InChI=1S/C13H21BN4O2/c1-17-6-5-16-11(17)8-18-7-10(3-2-4-14)13(15,9-18)12(19)20/h5-6,10H,2-4,7-9,15H2,1H3,(H,19,20)/t10-,13-/m0/s1. The van der Waals surface area contributed by atoms with Crippen LogP contribution in [0.2, 0.25) is 6.32 Å². The maximum atomic E-state index is 11.5. The molecule has 0 amide bonds. The molecule has 1 aliphatic heterocycles. The molecule has 2 radical (unpaired) electrons. The lowest BCUT2D eigenvalue weighted by atomic mass is 9.83. The highest BCUT2D eigenvalue weighted by Gasteiger charge is 2.49.